The molecule has 0 saturated carbocycles. The highest BCUT2D eigenvalue weighted by Crippen LogP contribution is 2.37. The fourth-order valence-electron chi connectivity index (χ4n) is 5.83. The number of rotatable bonds is 5. The van der Waals surface area contributed by atoms with Crippen molar-refractivity contribution >= 4 is 11.4 Å². The Hall–Kier alpha value is -4.29. The second-order valence-electron chi connectivity index (χ2n) is 11.5. The SMILES string of the molecule is CN[C@@H]1NNN(Cc2ccccc2)CCCCC(O)Nc2ccccc2/C(c2ccccc2)=N/C1(O)c1ccc2c(c1)OCCO2. The summed E-state index contributed by atoms with van der Waals surface area (Å²) in [5, 5.41) is 32.6. The maximum atomic E-state index is 12.9. The van der Waals surface area contributed by atoms with E-state index in [0.717, 1.165) is 35.2 Å². The van der Waals surface area contributed by atoms with Gasteiger partial charge in [-0.1, -0.05) is 84.9 Å². The summed E-state index contributed by atoms with van der Waals surface area (Å²) < 4.78 is 11.7. The van der Waals surface area contributed by atoms with Crippen LogP contribution < -0.4 is 31.1 Å². The van der Waals surface area contributed by atoms with Gasteiger partial charge in [0.15, 0.2) is 11.5 Å². The quantitative estimate of drug-likeness (QED) is 0.195. The monoisotopic (exact) mass is 622 g/mol. The smallest absolute Gasteiger partial charge is 0.213 e. The number of ether oxygens (including phenoxy) is 2. The summed E-state index contributed by atoms with van der Waals surface area (Å²) in [7, 11) is 1.78. The van der Waals surface area contributed by atoms with E-state index in [-0.39, 0.29) is 0 Å². The van der Waals surface area contributed by atoms with E-state index in [9.17, 15) is 10.2 Å². The molecule has 0 bridgehead atoms. The zero-order chi connectivity index (χ0) is 31.8. The first kappa shape index (κ1) is 31.7. The van der Waals surface area contributed by atoms with Gasteiger partial charge in [-0.25, -0.2) is 15.4 Å². The number of nitrogens with one attached hydrogen (secondary N) is 4. The van der Waals surface area contributed by atoms with Gasteiger partial charge in [0, 0.05) is 35.5 Å². The fourth-order valence-corrected chi connectivity index (χ4v) is 5.83. The lowest BCUT2D eigenvalue weighted by atomic mass is 9.95. The zero-order valence-corrected chi connectivity index (χ0v) is 26.0. The summed E-state index contributed by atoms with van der Waals surface area (Å²) in [5.74, 6) is 1.16. The van der Waals surface area contributed by atoms with Gasteiger partial charge in [-0.3, -0.25) is 5.32 Å². The molecule has 0 spiro atoms. The molecule has 2 aliphatic heterocycles. The van der Waals surface area contributed by atoms with Crippen molar-refractivity contribution in [3.63, 3.8) is 0 Å². The zero-order valence-electron chi connectivity index (χ0n) is 26.0. The summed E-state index contributed by atoms with van der Waals surface area (Å²) >= 11 is 0. The Bertz CT molecular complexity index is 1600. The van der Waals surface area contributed by atoms with E-state index < -0.39 is 18.1 Å². The van der Waals surface area contributed by atoms with Crippen molar-refractivity contribution < 1.29 is 19.7 Å². The number of hydrazine groups is 2. The van der Waals surface area contributed by atoms with Crippen LogP contribution in [0.4, 0.5) is 5.69 Å². The first-order valence-corrected chi connectivity index (χ1v) is 15.8. The van der Waals surface area contributed by atoms with Crippen LogP contribution in [0.1, 0.15) is 41.5 Å². The van der Waals surface area contributed by atoms with Crippen LogP contribution in [0, 0.1) is 0 Å². The van der Waals surface area contributed by atoms with Gasteiger partial charge in [0.1, 0.15) is 25.6 Å². The molecule has 4 aromatic carbocycles. The van der Waals surface area contributed by atoms with Crippen molar-refractivity contribution in [2.24, 2.45) is 4.99 Å². The van der Waals surface area contributed by atoms with Crippen LogP contribution in [0.3, 0.4) is 0 Å². The van der Waals surface area contributed by atoms with Crippen LogP contribution in [0.15, 0.2) is 108 Å². The Morgan fingerprint density at radius 3 is 2.39 bits per heavy atom. The molecule has 2 unspecified atom stereocenters. The fraction of sp³-hybridized carbons (Fsp3) is 0.306. The molecule has 10 heteroatoms. The average molecular weight is 623 g/mol. The Kier molecular flexibility index (Phi) is 10.2. The van der Waals surface area contributed by atoms with Gasteiger partial charge in [-0.05, 0) is 50.1 Å². The second-order valence-corrected chi connectivity index (χ2v) is 11.5. The molecule has 4 aromatic rings. The van der Waals surface area contributed by atoms with Gasteiger partial charge in [0.2, 0.25) is 5.72 Å². The van der Waals surface area contributed by atoms with Crippen LogP contribution in [0.2, 0.25) is 0 Å². The minimum atomic E-state index is -1.87. The molecule has 0 saturated heterocycles. The number of anilines is 1. The number of benzene rings is 4. The van der Waals surface area contributed by atoms with E-state index in [1.807, 2.05) is 84.9 Å². The van der Waals surface area contributed by atoms with Crippen LogP contribution in [-0.4, -0.2) is 60.1 Å². The number of para-hydroxylation sites is 1. The van der Waals surface area contributed by atoms with Gasteiger partial charge in [-0.2, -0.15) is 5.53 Å². The lowest BCUT2D eigenvalue weighted by molar-refractivity contribution is -0.0261. The van der Waals surface area contributed by atoms with Gasteiger partial charge in [0.25, 0.3) is 0 Å². The summed E-state index contributed by atoms with van der Waals surface area (Å²) in [6, 6.07) is 33.1. The molecule has 0 radical (unpaired) electrons. The third-order valence-corrected chi connectivity index (χ3v) is 8.23. The highest BCUT2D eigenvalue weighted by Gasteiger charge is 2.40. The van der Waals surface area contributed by atoms with Crippen LogP contribution in [0.25, 0.3) is 0 Å². The van der Waals surface area contributed by atoms with Crippen molar-refractivity contribution in [1.82, 2.24) is 21.3 Å². The number of hydrogen-bond acceptors (Lipinski definition) is 10. The van der Waals surface area contributed by atoms with Crippen LogP contribution >= 0.6 is 0 Å². The number of nitrogens with zero attached hydrogens (tertiary/aromatic N) is 2. The van der Waals surface area contributed by atoms with Gasteiger partial charge >= 0.3 is 0 Å². The van der Waals surface area contributed by atoms with E-state index >= 15 is 0 Å². The molecule has 0 aromatic heterocycles. The number of hydrogen-bond donors (Lipinski definition) is 6. The van der Waals surface area contributed by atoms with Crippen molar-refractivity contribution in [3.8, 4) is 11.5 Å². The van der Waals surface area contributed by atoms with Crippen LogP contribution in [-0.2, 0) is 12.3 Å². The molecule has 46 heavy (non-hydrogen) atoms. The molecule has 2 heterocycles. The van der Waals surface area contributed by atoms with Gasteiger partial charge in [-0.15, -0.1) is 0 Å². The maximum Gasteiger partial charge on any atom is 0.213 e. The van der Waals surface area contributed by atoms with Crippen molar-refractivity contribution in [3.05, 3.63) is 125 Å². The molecule has 240 valence electrons. The average Bonchev–Trinajstić information content (AvgIpc) is 3.10. The number of likely N-dealkylation sites (N-methyl/N-ethyl adjacent to an activating group) is 1. The molecule has 6 N–H and O–H groups in total. The molecular weight excluding hydrogens is 580 g/mol. The third-order valence-electron chi connectivity index (χ3n) is 8.23. The minimum Gasteiger partial charge on any atom is -0.486 e. The Balaban J connectivity index is 1.49. The van der Waals surface area contributed by atoms with E-state index in [4.69, 9.17) is 14.5 Å². The lowest BCUT2D eigenvalue weighted by Crippen LogP contribution is -2.62. The Morgan fingerprint density at radius 2 is 1.61 bits per heavy atom. The minimum absolute atomic E-state index is 0.415. The van der Waals surface area contributed by atoms with E-state index in [1.165, 1.54) is 0 Å². The molecule has 0 fully saturated rings. The summed E-state index contributed by atoms with van der Waals surface area (Å²) in [5.41, 5.74) is 9.31. The van der Waals surface area contributed by atoms with Gasteiger partial charge in [0.05, 0.1) is 5.71 Å². The highest BCUT2D eigenvalue weighted by molar-refractivity contribution is 6.16. The second kappa shape index (κ2) is 14.9. The predicted octanol–water partition coefficient (Wildman–Crippen LogP) is 4.11. The molecule has 0 amide bonds. The largest absolute Gasteiger partial charge is 0.486 e. The topological polar surface area (TPSA) is 123 Å². The number of aliphatic imine (C=N–C) groups is 1. The molecule has 2 aliphatic rings. The van der Waals surface area contributed by atoms with Crippen LogP contribution in [0.5, 0.6) is 11.5 Å². The summed E-state index contributed by atoms with van der Waals surface area (Å²) in [6.45, 7) is 2.20. The van der Waals surface area contributed by atoms with Crippen molar-refractivity contribution in [2.75, 3.05) is 32.1 Å². The number of aliphatic hydroxyl groups excluding tert-OH is 1. The molecule has 0 aliphatic carbocycles. The highest BCUT2D eigenvalue weighted by atomic mass is 16.6. The lowest BCUT2D eigenvalue weighted by Gasteiger charge is -2.37. The number of aliphatic hydroxyl groups is 2. The van der Waals surface area contributed by atoms with Crippen molar-refractivity contribution in [1.29, 1.82) is 0 Å². The maximum absolute atomic E-state index is 12.9. The summed E-state index contributed by atoms with van der Waals surface area (Å²) in [4.78, 5) is 5.21. The van der Waals surface area contributed by atoms with Gasteiger partial charge < -0.3 is 25.0 Å². The first-order valence-electron chi connectivity index (χ1n) is 15.8. The molecule has 10 nitrogen and oxygen atoms in total. The Labute approximate surface area is 270 Å². The van der Waals surface area contributed by atoms with Crippen molar-refractivity contribution in [2.45, 2.75) is 43.9 Å². The standard InChI is InChI=1S/C36H42N6O4/c1-37-35-36(44,28-19-20-31-32(24-28)46-23-22-45-31)39-34(27-14-6-3-7-15-27)29-16-8-9-17-30(29)38-33(43)18-10-11-21-42(41-40-35)25-26-12-4-2-5-13-26/h2-9,12-17,19-20,24,33,35,37-38,40-41,43-44H,10-11,18,21-23,25H2,1H3/b39-34+/t33?,35-,36?/m1/s1. The Morgan fingerprint density at radius 1 is 0.891 bits per heavy atom. The normalized spacial score (nSPS) is 23.9. The van der Waals surface area contributed by atoms with E-state index in [1.54, 1.807) is 13.1 Å². The molecular formula is C36H42N6O4. The predicted molar refractivity (Wildman–Crippen MR) is 179 cm³/mol. The third kappa shape index (κ3) is 7.39. The molecule has 3 atom stereocenters. The van der Waals surface area contributed by atoms with E-state index in [0.29, 0.717) is 55.5 Å². The first-order chi connectivity index (χ1) is 22.5. The molecule has 6 rings (SSSR count). The van der Waals surface area contributed by atoms with E-state index in [2.05, 4.69) is 38.7 Å². The number of fused-ring (bicyclic) bond motifs is 2. The summed E-state index contributed by atoms with van der Waals surface area (Å²) in [6.07, 6.45) is 0.629.